The van der Waals surface area contributed by atoms with E-state index in [0.29, 0.717) is 25.2 Å². The third-order valence-corrected chi connectivity index (χ3v) is 5.69. The highest BCUT2D eigenvalue weighted by Gasteiger charge is 2.56. The molecule has 2 aliphatic rings. The molecule has 2 aromatic rings. The van der Waals surface area contributed by atoms with E-state index in [9.17, 15) is 14.7 Å². The molecule has 0 unspecified atom stereocenters. The van der Waals surface area contributed by atoms with Gasteiger partial charge in [-0.2, -0.15) is 5.10 Å². The van der Waals surface area contributed by atoms with E-state index in [1.807, 2.05) is 37.3 Å². The van der Waals surface area contributed by atoms with Gasteiger partial charge in [-0.15, -0.1) is 0 Å². The van der Waals surface area contributed by atoms with Gasteiger partial charge in [-0.1, -0.05) is 24.6 Å². The minimum Gasteiger partial charge on any atom is -0.481 e. The summed E-state index contributed by atoms with van der Waals surface area (Å²) in [5.41, 5.74) is 1.40. The highest BCUT2D eigenvalue weighted by Crippen LogP contribution is 2.49. The van der Waals surface area contributed by atoms with Gasteiger partial charge in [0.25, 0.3) is 5.91 Å². The van der Waals surface area contributed by atoms with Crippen LogP contribution in [0.1, 0.15) is 35.4 Å². The molecular weight excluding hydrogens is 318 g/mol. The molecule has 1 saturated heterocycles. The number of aromatic nitrogens is 2. The molecule has 1 N–H and O–H groups in total. The Morgan fingerprint density at radius 2 is 2.04 bits per heavy atom. The molecule has 1 aromatic carbocycles. The molecular formula is C19H21N3O3. The van der Waals surface area contributed by atoms with Gasteiger partial charge < -0.3 is 10.0 Å². The van der Waals surface area contributed by atoms with Crippen LogP contribution >= 0.6 is 0 Å². The molecule has 0 radical (unpaired) electrons. The largest absolute Gasteiger partial charge is 0.481 e. The average molecular weight is 339 g/mol. The average Bonchev–Trinajstić information content (AvgIpc) is 3.27. The van der Waals surface area contributed by atoms with E-state index in [-0.39, 0.29) is 11.8 Å². The van der Waals surface area contributed by atoms with Crippen molar-refractivity contribution in [2.24, 2.45) is 11.3 Å². The summed E-state index contributed by atoms with van der Waals surface area (Å²) < 4.78 is 1.75. The summed E-state index contributed by atoms with van der Waals surface area (Å²) >= 11 is 0. The molecule has 1 aromatic heterocycles. The quantitative estimate of drug-likeness (QED) is 0.932. The van der Waals surface area contributed by atoms with Crippen molar-refractivity contribution in [1.29, 1.82) is 0 Å². The molecule has 6 nitrogen and oxygen atoms in total. The summed E-state index contributed by atoms with van der Waals surface area (Å²) in [5, 5.41) is 14.1. The molecule has 6 heteroatoms. The zero-order valence-corrected chi connectivity index (χ0v) is 14.2. The van der Waals surface area contributed by atoms with E-state index in [1.54, 1.807) is 15.6 Å². The standard InChI is InChI=1S/C19H21N3O3/c1-13-10-16(20-22(13)15-7-3-2-4-8-15)17(23)21-11-14-6-5-9-19(14,12-21)18(24)25/h2-4,7-8,10,14H,5-6,9,11-12H2,1H3,(H,24,25)/t14-,19+/m0/s1. The monoisotopic (exact) mass is 339 g/mol. The lowest BCUT2D eigenvalue weighted by Crippen LogP contribution is -2.37. The van der Waals surface area contributed by atoms with Crippen molar-refractivity contribution in [3.8, 4) is 5.69 Å². The van der Waals surface area contributed by atoms with Crippen LogP contribution in [0.4, 0.5) is 0 Å². The molecule has 2 fully saturated rings. The number of fused-ring (bicyclic) bond motifs is 1. The van der Waals surface area contributed by atoms with Gasteiger partial charge in [-0.25, -0.2) is 4.68 Å². The van der Waals surface area contributed by atoms with Crippen LogP contribution in [-0.4, -0.2) is 44.8 Å². The second-order valence-corrected chi connectivity index (χ2v) is 7.15. The second-order valence-electron chi connectivity index (χ2n) is 7.15. The van der Waals surface area contributed by atoms with Crippen molar-refractivity contribution in [2.75, 3.05) is 13.1 Å². The van der Waals surface area contributed by atoms with Crippen molar-refractivity contribution in [1.82, 2.24) is 14.7 Å². The Morgan fingerprint density at radius 1 is 1.28 bits per heavy atom. The lowest BCUT2D eigenvalue weighted by molar-refractivity contribution is -0.149. The number of likely N-dealkylation sites (tertiary alicyclic amines) is 1. The lowest BCUT2D eigenvalue weighted by atomic mass is 9.81. The molecule has 0 spiro atoms. The van der Waals surface area contributed by atoms with Gasteiger partial charge >= 0.3 is 5.97 Å². The highest BCUT2D eigenvalue weighted by atomic mass is 16.4. The van der Waals surface area contributed by atoms with Gasteiger partial charge in [-0.05, 0) is 43.9 Å². The molecule has 2 heterocycles. The molecule has 1 amide bonds. The number of amides is 1. The number of aryl methyl sites for hydroxylation is 1. The first-order chi connectivity index (χ1) is 12.0. The van der Waals surface area contributed by atoms with Gasteiger partial charge in [0.1, 0.15) is 0 Å². The van der Waals surface area contributed by atoms with Crippen LogP contribution in [0.5, 0.6) is 0 Å². The van der Waals surface area contributed by atoms with Crippen LogP contribution in [0, 0.1) is 18.3 Å². The Bertz CT molecular complexity index is 830. The third-order valence-electron chi connectivity index (χ3n) is 5.69. The minimum atomic E-state index is -0.767. The summed E-state index contributed by atoms with van der Waals surface area (Å²) in [6, 6.07) is 11.4. The van der Waals surface area contributed by atoms with Crippen molar-refractivity contribution in [2.45, 2.75) is 26.2 Å². The predicted molar refractivity (Wildman–Crippen MR) is 91.6 cm³/mol. The maximum absolute atomic E-state index is 12.9. The normalized spacial score (nSPS) is 25.2. The molecule has 1 aliphatic heterocycles. The first kappa shape index (κ1) is 15.9. The van der Waals surface area contributed by atoms with Gasteiger partial charge in [0.05, 0.1) is 11.1 Å². The van der Waals surface area contributed by atoms with Crippen LogP contribution < -0.4 is 0 Å². The zero-order valence-electron chi connectivity index (χ0n) is 14.2. The number of carbonyl (C=O) groups excluding carboxylic acids is 1. The number of carboxylic acids is 1. The van der Waals surface area contributed by atoms with E-state index >= 15 is 0 Å². The van der Waals surface area contributed by atoms with Crippen LogP contribution in [0.3, 0.4) is 0 Å². The first-order valence-corrected chi connectivity index (χ1v) is 8.66. The van der Waals surface area contributed by atoms with Gasteiger partial charge in [0, 0.05) is 18.8 Å². The Hall–Kier alpha value is -2.63. The van der Waals surface area contributed by atoms with E-state index in [2.05, 4.69) is 5.10 Å². The molecule has 1 aliphatic carbocycles. The number of rotatable bonds is 3. The van der Waals surface area contributed by atoms with Crippen LogP contribution in [0.25, 0.3) is 5.69 Å². The molecule has 2 atom stereocenters. The Labute approximate surface area is 146 Å². The minimum absolute atomic E-state index is 0.0613. The fourth-order valence-corrected chi connectivity index (χ4v) is 4.37. The third kappa shape index (κ3) is 2.44. The number of benzene rings is 1. The molecule has 25 heavy (non-hydrogen) atoms. The van der Waals surface area contributed by atoms with E-state index in [1.165, 1.54) is 0 Å². The number of aliphatic carboxylic acids is 1. The summed E-state index contributed by atoms with van der Waals surface area (Å²) in [6.45, 7) is 2.72. The van der Waals surface area contributed by atoms with Crippen molar-refractivity contribution >= 4 is 11.9 Å². The molecule has 130 valence electrons. The maximum Gasteiger partial charge on any atom is 0.311 e. The predicted octanol–water partition coefficient (Wildman–Crippen LogP) is 2.51. The smallest absolute Gasteiger partial charge is 0.311 e. The Morgan fingerprint density at radius 3 is 2.72 bits per heavy atom. The van der Waals surface area contributed by atoms with Crippen LogP contribution in [0.15, 0.2) is 36.4 Å². The Balaban J connectivity index is 1.60. The van der Waals surface area contributed by atoms with Crippen molar-refractivity contribution in [3.05, 3.63) is 47.8 Å². The van der Waals surface area contributed by atoms with E-state index in [0.717, 1.165) is 24.2 Å². The van der Waals surface area contributed by atoms with Crippen molar-refractivity contribution < 1.29 is 14.7 Å². The van der Waals surface area contributed by atoms with E-state index < -0.39 is 11.4 Å². The maximum atomic E-state index is 12.9. The fraction of sp³-hybridized carbons (Fsp3) is 0.421. The number of carbonyl (C=O) groups is 2. The summed E-state index contributed by atoms with van der Waals surface area (Å²) in [7, 11) is 0. The topological polar surface area (TPSA) is 75.4 Å². The van der Waals surface area contributed by atoms with Crippen molar-refractivity contribution in [3.63, 3.8) is 0 Å². The molecule has 0 bridgehead atoms. The molecule has 1 saturated carbocycles. The summed E-state index contributed by atoms with van der Waals surface area (Å²) in [4.78, 5) is 26.4. The van der Waals surface area contributed by atoms with E-state index in [4.69, 9.17) is 0 Å². The van der Waals surface area contributed by atoms with Crippen LogP contribution in [0.2, 0.25) is 0 Å². The SMILES string of the molecule is Cc1cc(C(=O)N2C[C@@H]3CCC[C@@]3(C(=O)O)C2)nn1-c1ccccc1. The highest BCUT2D eigenvalue weighted by molar-refractivity contribution is 5.93. The van der Waals surface area contributed by atoms with Gasteiger partial charge in [0.15, 0.2) is 5.69 Å². The number of nitrogens with zero attached hydrogens (tertiary/aromatic N) is 3. The zero-order chi connectivity index (χ0) is 17.6. The van der Waals surface area contributed by atoms with Gasteiger partial charge in [-0.3, -0.25) is 9.59 Å². The number of hydrogen-bond donors (Lipinski definition) is 1. The summed E-state index contributed by atoms with van der Waals surface area (Å²) in [6.07, 6.45) is 2.47. The van der Waals surface area contributed by atoms with Gasteiger partial charge in [0.2, 0.25) is 0 Å². The lowest BCUT2D eigenvalue weighted by Gasteiger charge is -2.23. The number of hydrogen-bond acceptors (Lipinski definition) is 3. The Kier molecular flexibility index (Phi) is 3.63. The second kappa shape index (κ2) is 5.72. The first-order valence-electron chi connectivity index (χ1n) is 8.66. The number of para-hydroxylation sites is 1. The summed E-state index contributed by atoms with van der Waals surface area (Å²) in [5.74, 6) is -0.879. The fourth-order valence-electron chi connectivity index (χ4n) is 4.37. The van der Waals surface area contributed by atoms with Crippen LogP contribution in [-0.2, 0) is 4.79 Å². The number of carboxylic acid groups (broad SMARTS) is 1. The molecule has 4 rings (SSSR count).